The van der Waals surface area contributed by atoms with Gasteiger partial charge in [0.05, 0.1) is 18.5 Å². The standard InChI is InChI=1S/C19H28N4O2S/c1-5-11(2)8-14-12(3)26-19-17(14)18(25)21-15(22-19)9-23(4)10-16(24)20-13-6-7-13/h11,13H,5-10H2,1-4H3,(H,20,24)(H,21,22,25)/t11-/m1/s1. The second-order valence-electron chi connectivity index (χ2n) is 7.56. The molecule has 2 aromatic rings. The summed E-state index contributed by atoms with van der Waals surface area (Å²) in [5.74, 6) is 1.18. The van der Waals surface area contributed by atoms with Gasteiger partial charge in [0.25, 0.3) is 5.56 Å². The number of nitrogens with zero attached hydrogens (tertiary/aromatic N) is 2. The van der Waals surface area contributed by atoms with Crippen LogP contribution >= 0.6 is 11.3 Å². The molecular weight excluding hydrogens is 348 g/mol. The number of amides is 1. The van der Waals surface area contributed by atoms with Crippen molar-refractivity contribution < 1.29 is 4.79 Å². The van der Waals surface area contributed by atoms with Crippen molar-refractivity contribution >= 4 is 27.5 Å². The zero-order chi connectivity index (χ0) is 18.8. The van der Waals surface area contributed by atoms with E-state index in [4.69, 9.17) is 0 Å². The molecule has 0 radical (unpaired) electrons. The summed E-state index contributed by atoms with van der Waals surface area (Å²) in [4.78, 5) is 36.0. The van der Waals surface area contributed by atoms with Gasteiger partial charge in [0, 0.05) is 10.9 Å². The molecule has 1 atom stereocenters. The topological polar surface area (TPSA) is 78.1 Å². The average molecular weight is 377 g/mol. The Morgan fingerprint density at radius 3 is 2.85 bits per heavy atom. The first-order chi connectivity index (χ1) is 12.4. The molecule has 0 aromatic carbocycles. The van der Waals surface area contributed by atoms with Crippen molar-refractivity contribution in [3.63, 3.8) is 0 Å². The predicted octanol–water partition coefficient (Wildman–Crippen LogP) is 2.59. The molecule has 2 N–H and O–H groups in total. The number of aromatic nitrogens is 2. The third-order valence-electron chi connectivity index (χ3n) is 4.94. The Hall–Kier alpha value is -1.73. The highest BCUT2D eigenvalue weighted by molar-refractivity contribution is 7.18. The molecule has 3 rings (SSSR count). The molecule has 1 aliphatic rings. The van der Waals surface area contributed by atoms with E-state index in [2.05, 4.69) is 36.1 Å². The molecule has 1 amide bonds. The Balaban J connectivity index is 1.75. The van der Waals surface area contributed by atoms with Crippen molar-refractivity contribution in [3.05, 3.63) is 26.6 Å². The number of carbonyl (C=O) groups excluding carboxylic acids is 1. The summed E-state index contributed by atoms with van der Waals surface area (Å²) in [6, 6.07) is 0.364. The molecule has 0 spiro atoms. The Bertz CT molecular complexity index is 853. The monoisotopic (exact) mass is 376 g/mol. The molecule has 26 heavy (non-hydrogen) atoms. The van der Waals surface area contributed by atoms with Crippen LogP contribution in [0, 0.1) is 12.8 Å². The lowest BCUT2D eigenvalue weighted by molar-refractivity contribution is -0.122. The lowest BCUT2D eigenvalue weighted by Gasteiger charge is -2.15. The van der Waals surface area contributed by atoms with Crippen LogP contribution in [0.2, 0.25) is 0 Å². The number of likely N-dealkylation sites (N-methyl/N-ethyl adjacent to an activating group) is 1. The van der Waals surface area contributed by atoms with Crippen molar-refractivity contribution in [2.75, 3.05) is 13.6 Å². The van der Waals surface area contributed by atoms with E-state index in [9.17, 15) is 9.59 Å². The fourth-order valence-electron chi connectivity index (χ4n) is 3.09. The zero-order valence-electron chi connectivity index (χ0n) is 16.0. The smallest absolute Gasteiger partial charge is 0.259 e. The highest BCUT2D eigenvalue weighted by atomic mass is 32.1. The fraction of sp³-hybridized carbons (Fsp3) is 0.632. The van der Waals surface area contributed by atoms with E-state index < -0.39 is 0 Å². The number of thiophene rings is 1. The van der Waals surface area contributed by atoms with Crippen LogP contribution in [0.5, 0.6) is 0 Å². The predicted molar refractivity (Wildman–Crippen MR) is 106 cm³/mol. The average Bonchev–Trinajstić information content (AvgIpc) is 3.30. The van der Waals surface area contributed by atoms with Gasteiger partial charge >= 0.3 is 0 Å². The highest BCUT2D eigenvalue weighted by Gasteiger charge is 2.23. The molecule has 2 aromatic heterocycles. The SMILES string of the molecule is CC[C@@H](C)Cc1c(C)sc2nc(CN(C)CC(=O)NC3CC3)[nH]c(=O)c12. The van der Waals surface area contributed by atoms with Gasteiger partial charge in [0.1, 0.15) is 10.7 Å². The van der Waals surface area contributed by atoms with Crippen LogP contribution in [0.15, 0.2) is 4.79 Å². The van der Waals surface area contributed by atoms with E-state index in [-0.39, 0.29) is 11.5 Å². The van der Waals surface area contributed by atoms with Gasteiger partial charge in [-0.3, -0.25) is 14.5 Å². The van der Waals surface area contributed by atoms with E-state index in [0.29, 0.717) is 30.9 Å². The lowest BCUT2D eigenvalue weighted by atomic mass is 9.98. The van der Waals surface area contributed by atoms with Crippen LogP contribution in [-0.2, 0) is 17.8 Å². The van der Waals surface area contributed by atoms with Gasteiger partial charge in [-0.15, -0.1) is 11.3 Å². The maximum Gasteiger partial charge on any atom is 0.259 e. The lowest BCUT2D eigenvalue weighted by Crippen LogP contribution is -2.36. The fourth-order valence-corrected chi connectivity index (χ4v) is 4.16. The summed E-state index contributed by atoms with van der Waals surface area (Å²) in [7, 11) is 1.87. The molecule has 0 unspecified atom stereocenters. The Labute approximate surface area is 158 Å². The van der Waals surface area contributed by atoms with Crippen LogP contribution in [0.4, 0.5) is 0 Å². The minimum atomic E-state index is -0.0662. The third kappa shape index (κ3) is 4.51. The molecule has 0 saturated heterocycles. The molecule has 0 aliphatic heterocycles. The van der Waals surface area contributed by atoms with Gasteiger partial charge in [0.2, 0.25) is 5.91 Å². The maximum atomic E-state index is 12.7. The number of nitrogens with one attached hydrogen (secondary N) is 2. The van der Waals surface area contributed by atoms with E-state index >= 15 is 0 Å². The van der Waals surface area contributed by atoms with Gasteiger partial charge < -0.3 is 10.3 Å². The summed E-state index contributed by atoms with van der Waals surface area (Å²) < 4.78 is 0. The second-order valence-corrected chi connectivity index (χ2v) is 8.76. The van der Waals surface area contributed by atoms with Crippen molar-refractivity contribution in [1.29, 1.82) is 0 Å². The first-order valence-corrected chi connectivity index (χ1v) is 10.2. The van der Waals surface area contributed by atoms with E-state index in [1.54, 1.807) is 11.3 Å². The van der Waals surface area contributed by atoms with Gasteiger partial charge in [-0.2, -0.15) is 0 Å². The Morgan fingerprint density at radius 1 is 1.46 bits per heavy atom. The number of hydrogen-bond acceptors (Lipinski definition) is 5. The van der Waals surface area contributed by atoms with Crippen molar-refractivity contribution in [3.8, 4) is 0 Å². The molecule has 6 nitrogen and oxygen atoms in total. The van der Waals surface area contributed by atoms with Crippen molar-refractivity contribution in [2.24, 2.45) is 5.92 Å². The van der Waals surface area contributed by atoms with E-state index in [1.807, 2.05) is 11.9 Å². The highest BCUT2D eigenvalue weighted by Crippen LogP contribution is 2.29. The van der Waals surface area contributed by atoms with Crippen molar-refractivity contribution in [1.82, 2.24) is 20.2 Å². The van der Waals surface area contributed by atoms with Crippen LogP contribution in [0.3, 0.4) is 0 Å². The second kappa shape index (κ2) is 7.88. The molecular formula is C19H28N4O2S. The minimum Gasteiger partial charge on any atom is -0.352 e. The van der Waals surface area contributed by atoms with Gasteiger partial charge in [-0.25, -0.2) is 4.98 Å². The summed E-state index contributed by atoms with van der Waals surface area (Å²) in [5, 5.41) is 3.72. The summed E-state index contributed by atoms with van der Waals surface area (Å²) in [5.41, 5.74) is 1.07. The number of H-pyrrole nitrogens is 1. The number of rotatable bonds is 8. The first kappa shape index (κ1) is 19.0. The first-order valence-electron chi connectivity index (χ1n) is 9.36. The van der Waals surface area contributed by atoms with Crippen LogP contribution in [0.1, 0.15) is 49.4 Å². The largest absolute Gasteiger partial charge is 0.352 e. The zero-order valence-corrected chi connectivity index (χ0v) is 16.8. The van der Waals surface area contributed by atoms with Gasteiger partial charge in [-0.1, -0.05) is 20.3 Å². The maximum absolute atomic E-state index is 12.7. The van der Waals surface area contributed by atoms with Gasteiger partial charge in [0.15, 0.2) is 0 Å². The Morgan fingerprint density at radius 2 is 2.19 bits per heavy atom. The molecule has 142 valence electrons. The molecule has 1 aliphatic carbocycles. The molecule has 7 heteroatoms. The quantitative estimate of drug-likeness (QED) is 0.742. The number of carbonyl (C=O) groups is 1. The van der Waals surface area contributed by atoms with Crippen LogP contribution < -0.4 is 10.9 Å². The van der Waals surface area contributed by atoms with E-state index in [0.717, 1.165) is 41.5 Å². The van der Waals surface area contributed by atoms with Gasteiger partial charge in [-0.05, 0) is 44.7 Å². The molecule has 1 saturated carbocycles. The molecule has 1 fully saturated rings. The third-order valence-corrected chi connectivity index (χ3v) is 5.98. The normalized spacial score (nSPS) is 15.6. The summed E-state index contributed by atoms with van der Waals surface area (Å²) >= 11 is 1.59. The summed E-state index contributed by atoms with van der Waals surface area (Å²) in [6.07, 6.45) is 4.16. The van der Waals surface area contributed by atoms with Crippen LogP contribution in [-0.4, -0.2) is 40.4 Å². The molecule has 2 heterocycles. The van der Waals surface area contributed by atoms with Crippen LogP contribution in [0.25, 0.3) is 10.2 Å². The number of aryl methyl sites for hydroxylation is 1. The van der Waals surface area contributed by atoms with Crippen molar-refractivity contribution in [2.45, 2.75) is 59.0 Å². The van der Waals surface area contributed by atoms with E-state index in [1.165, 1.54) is 4.88 Å². The molecule has 0 bridgehead atoms. The number of aromatic amines is 1. The Kier molecular flexibility index (Phi) is 5.77. The summed E-state index contributed by atoms with van der Waals surface area (Å²) in [6.45, 7) is 7.20. The minimum absolute atomic E-state index is 0.0289. The number of fused-ring (bicyclic) bond motifs is 1. The number of hydrogen-bond donors (Lipinski definition) is 2.